The van der Waals surface area contributed by atoms with Gasteiger partial charge in [-0.1, -0.05) is 12.1 Å². The van der Waals surface area contributed by atoms with Crippen molar-refractivity contribution in [2.75, 3.05) is 0 Å². The van der Waals surface area contributed by atoms with Crippen LogP contribution in [0.2, 0.25) is 0 Å². The molecule has 0 aliphatic heterocycles. The maximum atomic E-state index is 5.90. The van der Waals surface area contributed by atoms with E-state index in [1.165, 1.54) is 22.0 Å². The Labute approximate surface area is 125 Å². The van der Waals surface area contributed by atoms with E-state index in [1.54, 1.807) is 0 Å². The van der Waals surface area contributed by atoms with Crippen LogP contribution in [0.1, 0.15) is 18.1 Å². The molecular formula is C18H21N3. The standard InChI is InChI=1S/C18H21N3/c1-14(19)12-16-2-3-17-7-11-21(18(17)13-16)10-6-15-4-8-20-9-5-15/h2-5,7-9,11,13-14H,6,10,12,19H2,1H3. The Bertz CT molecular complexity index is 714. The van der Waals surface area contributed by atoms with Gasteiger partial charge in [0.25, 0.3) is 0 Å². The molecule has 0 aliphatic carbocycles. The molecular weight excluding hydrogens is 258 g/mol. The highest BCUT2D eigenvalue weighted by Crippen LogP contribution is 2.19. The average molecular weight is 279 g/mol. The van der Waals surface area contributed by atoms with Crippen molar-refractivity contribution >= 4 is 10.9 Å². The Morgan fingerprint density at radius 2 is 1.90 bits per heavy atom. The minimum absolute atomic E-state index is 0.197. The Hall–Kier alpha value is -2.13. The van der Waals surface area contributed by atoms with Crippen LogP contribution in [0.5, 0.6) is 0 Å². The number of rotatable bonds is 5. The van der Waals surface area contributed by atoms with Crippen molar-refractivity contribution in [1.82, 2.24) is 9.55 Å². The first-order valence-electron chi connectivity index (χ1n) is 7.44. The van der Waals surface area contributed by atoms with Crippen LogP contribution in [0.4, 0.5) is 0 Å². The van der Waals surface area contributed by atoms with Crippen LogP contribution >= 0.6 is 0 Å². The molecule has 0 aliphatic rings. The molecule has 2 aromatic heterocycles. The van der Waals surface area contributed by atoms with E-state index in [9.17, 15) is 0 Å². The molecule has 0 saturated carbocycles. The fourth-order valence-corrected chi connectivity index (χ4v) is 2.72. The van der Waals surface area contributed by atoms with Gasteiger partial charge in [0, 0.05) is 36.7 Å². The molecule has 2 N–H and O–H groups in total. The van der Waals surface area contributed by atoms with E-state index in [1.807, 2.05) is 19.3 Å². The van der Waals surface area contributed by atoms with Crippen LogP contribution in [0.25, 0.3) is 10.9 Å². The topological polar surface area (TPSA) is 43.8 Å². The van der Waals surface area contributed by atoms with Gasteiger partial charge in [-0.2, -0.15) is 0 Å². The zero-order valence-corrected chi connectivity index (χ0v) is 12.4. The smallest absolute Gasteiger partial charge is 0.0483 e. The first kappa shape index (κ1) is 13.8. The number of aryl methyl sites for hydroxylation is 2. The predicted octanol–water partition coefficient (Wildman–Crippen LogP) is 3.17. The zero-order chi connectivity index (χ0) is 14.7. The van der Waals surface area contributed by atoms with Crippen molar-refractivity contribution in [3.8, 4) is 0 Å². The number of fused-ring (bicyclic) bond motifs is 1. The summed E-state index contributed by atoms with van der Waals surface area (Å²) in [5.74, 6) is 0. The van der Waals surface area contributed by atoms with Gasteiger partial charge in [0.05, 0.1) is 0 Å². The summed E-state index contributed by atoms with van der Waals surface area (Å²) in [7, 11) is 0. The van der Waals surface area contributed by atoms with Gasteiger partial charge < -0.3 is 10.3 Å². The molecule has 0 radical (unpaired) electrons. The van der Waals surface area contributed by atoms with E-state index in [2.05, 4.69) is 52.1 Å². The third-order valence-electron chi connectivity index (χ3n) is 3.79. The molecule has 0 bridgehead atoms. The second-order valence-corrected chi connectivity index (χ2v) is 5.69. The number of hydrogen-bond acceptors (Lipinski definition) is 2. The monoisotopic (exact) mass is 279 g/mol. The summed E-state index contributed by atoms with van der Waals surface area (Å²) in [6, 6.07) is 13.2. The Balaban J connectivity index is 1.81. The van der Waals surface area contributed by atoms with Crippen LogP contribution in [-0.2, 0) is 19.4 Å². The molecule has 0 fully saturated rings. The van der Waals surface area contributed by atoms with E-state index < -0.39 is 0 Å². The van der Waals surface area contributed by atoms with Crippen molar-refractivity contribution in [2.24, 2.45) is 5.73 Å². The normalized spacial score (nSPS) is 12.7. The summed E-state index contributed by atoms with van der Waals surface area (Å²) < 4.78 is 2.32. The number of nitrogens with zero attached hydrogens (tertiary/aromatic N) is 2. The van der Waals surface area contributed by atoms with Gasteiger partial charge in [-0.3, -0.25) is 4.98 Å². The molecule has 0 spiro atoms. The first-order valence-corrected chi connectivity index (χ1v) is 7.44. The van der Waals surface area contributed by atoms with Gasteiger partial charge in [0.1, 0.15) is 0 Å². The van der Waals surface area contributed by atoms with Gasteiger partial charge in [0.15, 0.2) is 0 Å². The lowest BCUT2D eigenvalue weighted by Gasteiger charge is -2.09. The van der Waals surface area contributed by atoms with Crippen LogP contribution in [-0.4, -0.2) is 15.6 Å². The quantitative estimate of drug-likeness (QED) is 0.779. The molecule has 21 heavy (non-hydrogen) atoms. The minimum atomic E-state index is 0.197. The second-order valence-electron chi connectivity index (χ2n) is 5.69. The van der Waals surface area contributed by atoms with Crippen molar-refractivity contribution < 1.29 is 0 Å². The van der Waals surface area contributed by atoms with Gasteiger partial charge >= 0.3 is 0 Å². The summed E-state index contributed by atoms with van der Waals surface area (Å²) in [4.78, 5) is 4.06. The summed E-state index contributed by atoms with van der Waals surface area (Å²) in [6.07, 6.45) is 7.81. The molecule has 2 heterocycles. The molecule has 3 nitrogen and oxygen atoms in total. The Morgan fingerprint density at radius 1 is 1.10 bits per heavy atom. The SMILES string of the molecule is CC(N)Cc1ccc2ccn(CCc3ccncc3)c2c1. The van der Waals surface area contributed by atoms with E-state index in [0.29, 0.717) is 0 Å². The third-order valence-corrected chi connectivity index (χ3v) is 3.79. The summed E-state index contributed by atoms with van der Waals surface area (Å²) >= 11 is 0. The third kappa shape index (κ3) is 3.31. The van der Waals surface area contributed by atoms with Gasteiger partial charge in [-0.05, 0) is 60.5 Å². The average Bonchev–Trinajstić information content (AvgIpc) is 2.88. The molecule has 1 aromatic carbocycles. The van der Waals surface area contributed by atoms with Crippen molar-refractivity contribution in [1.29, 1.82) is 0 Å². The number of nitrogens with two attached hydrogens (primary N) is 1. The minimum Gasteiger partial charge on any atom is -0.347 e. The van der Waals surface area contributed by atoms with Crippen LogP contribution < -0.4 is 5.73 Å². The van der Waals surface area contributed by atoms with Crippen LogP contribution in [0.15, 0.2) is 55.0 Å². The molecule has 108 valence electrons. The molecule has 0 saturated heterocycles. The molecule has 3 heteroatoms. The highest BCUT2D eigenvalue weighted by Gasteiger charge is 2.04. The highest BCUT2D eigenvalue weighted by molar-refractivity contribution is 5.80. The lowest BCUT2D eigenvalue weighted by Crippen LogP contribution is -2.17. The summed E-state index contributed by atoms with van der Waals surface area (Å²) in [6.45, 7) is 3.03. The molecule has 3 aromatic rings. The molecule has 0 amide bonds. The Kier molecular flexibility index (Phi) is 4.02. The molecule has 1 unspecified atom stereocenters. The lowest BCUT2D eigenvalue weighted by atomic mass is 10.1. The van der Waals surface area contributed by atoms with Gasteiger partial charge in [-0.15, -0.1) is 0 Å². The van der Waals surface area contributed by atoms with E-state index >= 15 is 0 Å². The number of benzene rings is 1. The largest absolute Gasteiger partial charge is 0.347 e. The maximum absolute atomic E-state index is 5.90. The van der Waals surface area contributed by atoms with Crippen LogP contribution in [0, 0.1) is 0 Å². The number of hydrogen-bond donors (Lipinski definition) is 1. The van der Waals surface area contributed by atoms with Gasteiger partial charge in [-0.25, -0.2) is 0 Å². The molecule has 3 rings (SSSR count). The molecule has 1 atom stereocenters. The van der Waals surface area contributed by atoms with Gasteiger partial charge in [0.2, 0.25) is 0 Å². The lowest BCUT2D eigenvalue weighted by molar-refractivity contribution is 0.718. The predicted molar refractivity (Wildman–Crippen MR) is 87.2 cm³/mol. The number of aromatic nitrogens is 2. The zero-order valence-electron chi connectivity index (χ0n) is 12.4. The van der Waals surface area contributed by atoms with Crippen LogP contribution in [0.3, 0.4) is 0 Å². The Morgan fingerprint density at radius 3 is 2.67 bits per heavy atom. The number of pyridine rings is 1. The van der Waals surface area contributed by atoms with E-state index in [4.69, 9.17) is 5.73 Å². The van der Waals surface area contributed by atoms with Crippen molar-refractivity contribution in [2.45, 2.75) is 32.4 Å². The summed E-state index contributed by atoms with van der Waals surface area (Å²) in [5, 5.41) is 1.29. The van der Waals surface area contributed by atoms with Crippen molar-refractivity contribution in [3.05, 3.63) is 66.1 Å². The second kappa shape index (κ2) is 6.10. The van der Waals surface area contributed by atoms with E-state index in [0.717, 1.165) is 19.4 Å². The fourth-order valence-electron chi connectivity index (χ4n) is 2.72. The summed E-state index contributed by atoms with van der Waals surface area (Å²) in [5.41, 5.74) is 9.82. The highest BCUT2D eigenvalue weighted by atomic mass is 14.9. The fraction of sp³-hybridized carbons (Fsp3) is 0.278. The van der Waals surface area contributed by atoms with Crippen molar-refractivity contribution in [3.63, 3.8) is 0 Å². The van der Waals surface area contributed by atoms with E-state index in [-0.39, 0.29) is 6.04 Å². The first-order chi connectivity index (χ1) is 10.2. The maximum Gasteiger partial charge on any atom is 0.0483 e.